The van der Waals surface area contributed by atoms with E-state index in [0.717, 1.165) is 121 Å². The Balaban J connectivity index is 0.000000123. The molecule has 1 N–H and O–H groups in total. The van der Waals surface area contributed by atoms with E-state index in [9.17, 15) is 0 Å². The molecule has 0 aliphatic rings. The highest BCUT2D eigenvalue weighted by molar-refractivity contribution is 6.30. The summed E-state index contributed by atoms with van der Waals surface area (Å²) in [6.07, 6.45) is 0. The second-order valence-electron chi connectivity index (χ2n) is 24.8. The average Bonchev–Trinajstić information content (AvgIpc) is 0.933. The van der Waals surface area contributed by atoms with Crippen molar-refractivity contribution in [1.29, 1.82) is 0 Å². The molecule has 470 valence electrons. The van der Waals surface area contributed by atoms with Crippen LogP contribution in [0.2, 0.25) is 5.02 Å². The van der Waals surface area contributed by atoms with Crippen LogP contribution in [-0.2, 0) is 0 Å². The van der Waals surface area contributed by atoms with Gasteiger partial charge in [-0.15, -0.1) is 0 Å². The standard InChI is InChI=1S/C46H29NO2.C24H15NO2.C22H15Cl.H2/c1-2-10-30(11-3-1)35-26-27-36(38-13-5-4-12-37(35)38)31-18-20-32(21-19-31)47(33-22-24-41-39-14-6-8-16-43(39)48-45(41)28-33)34-23-25-42-40-15-7-9-17-44(40)49-46(42)29-34;1-3-7-21-17(5-1)19-11-9-15(13-23(19)26-21)25-16-10-12-20-18-6-2-4-8-22(18)27-24(20)14-16;23-18-12-10-17(11-13-18)20-15-14-19(16-6-2-1-3-7-16)21-8-4-5-9-22(20)21;/h1-29H;1-14,25H;1-15H;1H. The third kappa shape index (κ3) is 11.0. The molecule has 7 heteroatoms. The fourth-order valence-corrected chi connectivity index (χ4v) is 14.3. The van der Waals surface area contributed by atoms with Crippen LogP contribution in [0, 0.1) is 0 Å². The number of furan rings is 4. The predicted molar refractivity (Wildman–Crippen MR) is 417 cm³/mol. The Morgan fingerprint density at radius 1 is 0.212 bits per heavy atom. The number of anilines is 5. The molecule has 0 radical (unpaired) electrons. The number of hydrogen-bond acceptors (Lipinski definition) is 6. The molecule has 0 amide bonds. The first-order chi connectivity index (χ1) is 49.0. The van der Waals surface area contributed by atoms with Crippen molar-refractivity contribution in [2.24, 2.45) is 0 Å². The van der Waals surface area contributed by atoms with Crippen LogP contribution in [0.5, 0.6) is 0 Å². The van der Waals surface area contributed by atoms with Crippen molar-refractivity contribution in [2.75, 3.05) is 10.2 Å². The molecule has 0 bridgehead atoms. The number of benzene rings is 16. The number of nitrogens with one attached hydrogen (secondary N) is 1. The maximum absolute atomic E-state index is 6.34. The number of nitrogens with zero attached hydrogens (tertiary/aromatic N) is 1. The molecule has 4 heterocycles. The minimum absolute atomic E-state index is 0. The summed E-state index contributed by atoms with van der Waals surface area (Å²) >= 11 is 6.02. The van der Waals surface area contributed by atoms with Crippen molar-refractivity contribution in [3.8, 4) is 44.5 Å². The highest BCUT2D eigenvalue weighted by Gasteiger charge is 2.20. The van der Waals surface area contributed by atoms with E-state index in [1.165, 1.54) is 66.1 Å². The van der Waals surface area contributed by atoms with E-state index in [4.69, 9.17) is 29.3 Å². The molecule has 0 unspecified atom stereocenters. The first-order valence-electron chi connectivity index (χ1n) is 33.2. The second-order valence-corrected chi connectivity index (χ2v) is 25.3. The van der Waals surface area contributed by atoms with Gasteiger partial charge in [-0.1, -0.05) is 242 Å². The predicted octanol–water partition coefficient (Wildman–Crippen LogP) is 27.7. The smallest absolute Gasteiger partial charge is 0.137 e. The molecule has 0 fully saturated rings. The zero-order valence-corrected chi connectivity index (χ0v) is 54.2. The number of hydrogen-bond donors (Lipinski definition) is 1. The highest BCUT2D eigenvalue weighted by atomic mass is 35.5. The lowest BCUT2D eigenvalue weighted by Gasteiger charge is -2.25. The second kappa shape index (κ2) is 25.0. The molecule has 0 saturated heterocycles. The van der Waals surface area contributed by atoms with Gasteiger partial charge in [0.15, 0.2) is 0 Å². The van der Waals surface area contributed by atoms with Gasteiger partial charge in [-0.05, 0) is 163 Å². The van der Waals surface area contributed by atoms with E-state index in [1.54, 1.807) is 0 Å². The Bertz CT molecular complexity index is 6190. The van der Waals surface area contributed by atoms with Gasteiger partial charge in [0.05, 0.1) is 0 Å². The van der Waals surface area contributed by atoms with Crippen molar-refractivity contribution >= 4 is 149 Å². The van der Waals surface area contributed by atoms with Crippen LogP contribution in [-0.4, -0.2) is 0 Å². The maximum atomic E-state index is 6.34. The van der Waals surface area contributed by atoms with Crippen molar-refractivity contribution in [2.45, 2.75) is 0 Å². The van der Waals surface area contributed by atoms with E-state index in [0.29, 0.717) is 0 Å². The Hall–Kier alpha value is -12.9. The third-order valence-corrected chi connectivity index (χ3v) is 19.1. The van der Waals surface area contributed by atoms with E-state index >= 15 is 0 Å². The van der Waals surface area contributed by atoms with Gasteiger partial charge in [0.1, 0.15) is 44.7 Å². The number of para-hydroxylation sites is 4. The van der Waals surface area contributed by atoms with Gasteiger partial charge in [0, 0.05) is 102 Å². The lowest BCUT2D eigenvalue weighted by Crippen LogP contribution is -2.09. The van der Waals surface area contributed by atoms with Gasteiger partial charge >= 0.3 is 0 Å². The van der Waals surface area contributed by atoms with Gasteiger partial charge in [0.2, 0.25) is 0 Å². The summed E-state index contributed by atoms with van der Waals surface area (Å²) in [6.45, 7) is 0. The monoisotopic (exact) mass is 1290 g/mol. The van der Waals surface area contributed by atoms with Gasteiger partial charge in [-0.25, -0.2) is 0 Å². The summed E-state index contributed by atoms with van der Waals surface area (Å²) in [4.78, 5) is 2.28. The van der Waals surface area contributed by atoms with Crippen LogP contribution in [0.4, 0.5) is 28.4 Å². The van der Waals surface area contributed by atoms with Crippen LogP contribution in [0.25, 0.3) is 154 Å². The molecule has 0 saturated carbocycles. The molecule has 99 heavy (non-hydrogen) atoms. The summed E-state index contributed by atoms with van der Waals surface area (Å²) < 4.78 is 24.6. The first-order valence-corrected chi connectivity index (χ1v) is 33.6. The minimum Gasteiger partial charge on any atom is -0.456 e. The molecule has 4 aromatic heterocycles. The van der Waals surface area contributed by atoms with Crippen LogP contribution >= 0.6 is 11.6 Å². The van der Waals surface area contributed by atoms with Gasteiger partial charge in [0.25, 0.3) is 0 Å². The lowest BCUT2D eigenvalue weighted by molar-refractivity contribution is 0.668. The maximum Gasteiger partial charge on any atom is 0.137 e. The summed E-state index contributed by atoms with van der Waals surface area (Å²) in [5.41, 5.74) is 21.9. The van der Waals surface area contributed by atoms with Gasteiger partial charge in [-0.2, -0.15) is 0 Å². The van der Waals surface area contributed by atoms with E-state index in [-0.39, 0.29) is 1.43 Å². The Kier molecular flexibility index (Phi) is 14.8. The van der Waals surface area contributed by atoms with Crippen LogP contribution in [0.3, 0.4) is 0 Å². The van der Waals surface area contributed by atoms with Crippen LogP contribution in [0.15, 0.2) is 370 Å². The molecule has 0 spiro atoms. The van der Waals surface area contributed by atoms with Crippen LogP contribution in [0.1, 0.15) is 1.43 Å². The molecule has 0 aliphatic carbocycles. The molecule has 6 nitrogen and oxygen atoms in total. The topological polar surface area (TPSA) is 67.8 Å². The fraction of sp³-hybridized carbons (Fsp3) is 0. The van der Waals surface area contributed by atoms with Crippen molar-refractivity contribution in [1.82, 2.24) is 0 Å². The average molecular weight is 1290 g/mol. The molecular weight excluding hydrogens is 1230 g/mol. The van der Waals surface area contributed by atoms with Crippen LogP contribution < -0.4 is 10.2 Å². The van der Waals surface area contributed by atoms with Gasteiger partial charge < -0.3 is 27.9 Å². The number of halogens is 1. The highest BCUT2D eigenvalue weighted by Crippen LogP contribution is 2.44. The molecule has 20 rings (SSSR count). The van der Waals surface area contributed by atoms with Crippen molar-refractivity contribution in [3.63, 3.8) is 0 Å². The number of fused-ring (bicyclic) bond motifs is 14. The summed E-state index contributed by atoms with van der Waals surface area (Å²) in [7, 11) is 0. The zero-order valence-electron chi connectivity index (χ0n) is 53.4. The summed E-state index contributed by atoms with van der Waals surface area (Å²) in [5, 5.41) is 18.2. The third-order valence-electron chi connectivity index (χ3n) is 18.9. The SMILES string of the molecule is Clc1ccc(-c2ccc(-c3ccccc3)c3ccccc23)cc1.[HH].c1ccc(-c2ccc(-c3ccc(N(c4ccc5c(c4)oc4ccccc45)c4ccc5c(c4)oc4ccccc45)cc3)c3ccccc23)cc1.c1ccc2c(c1)oc1cc(Nc3ccc4c(c3)oc3ccccc34)ccc12. The van der Waals surface area contributed by atoms with Crippen molar-refractivity contribution < 1.29 is 19.1 Å². The quantitative estimate of drug-likeness (QED) is 0.155. The largest absolute Gasteiger partial charge is 0.456 e. The molecule has 20 aromatic rings. The molecular formula is C92H61ClN2O4. The summed E-state index contributed by atoms with van der Waals surface area (Å²) in [6, 6.07) is 122. The van der Waals surface area contributed by atoms with Crippen molar-refractivity contribution in [3.05, 3.63) is 357 Å². The minimum atomic E-state index is 0. The fourth-order valence-electron chi connectivity index (χ4n) is 14.2. The van der Waals surface area contributed by atoms with E-state index in [1.807, 2.05) is 91.0 Å². The Labute approximate surface area is 576 Å². The van der Waals surface area contributed by atoms with E-state index in [2.05, 4.69) is 271 Å². The molecule has 0 aliphatic heterocycles. The number of rotatable bonds is 9. The lowest BCUT2D eigenvalue weighted by atomic mass is 9.92. The zero-order chi connectivity index (χ0) is 65.8. The van der Waals surface area contributed by atoms with E-state index < -0.39 is 0 Å². The summed E-state index contributed by atoms with van der Waals surface area (Å²) in [5.74, 6) is 0. The Morgan fingerprint density at radius 3 is 0.828 bits per heavy atom. The first kappa shape index (κ1) is 58.7. The molecule has 16 aromatic carbocycles. The molecule has 0 atom stereocenters. The Morgan fingerprint density at radius 2 is 0.475 bits per heavy atom. The van der Waals surface area contributed by atoms with Gasteiger partial charge in [-0.3, -0.25) is 0 Å². The normalized spacial score (nSPS) is 11.5.